The number of nitrogens with zero attached hydrogens (tertiary/aromatic N) is 1. The van der Waals surface area contributed by atoms with E-state index in [4.69, 9.17) is 4.74 Å². The summed E-state index contributed by atoms with van der Waals surface area (Å²) in [5, 5.41) is 3.40. The lowest BCUT2D eigenvalue weighted by Crippen LogP contribution is -2.27. The van der Waals surface area contributed by atoms with E-state index in [1.165, 1.54) is 6.42 Å². The first kappa shape index (κ1) is 12.9. The lowest BCUT2D eigenvalue weighted by Gasteiger charge is -2.11. The highest BCUT2D eigenvalue weighted by atomic mass is 16.5. The second-order valence-electron chi connectivity index (χ2n) is 3.74. The van der Waals surface area contributed by atoms with Crippen LogP contribution in [0.15, 0.2) is 0 Å². The maximum atomic E-state index is 5.16. The van der Waals surface area contributed by atoms with E-state index in [-0.39, 0.29) is 0 Å². The molecule has 3 heteroatoms. The molecule has 0 radical (unpaired) electrons. The number of rotatable bonds is 8. The summed E-state index contributed by atoms with van der Waals surface area (Å²) in [7, 11) is 5.95. The summed E-state index contributed by atoms with van der Waals surface area (Å²) in [6.07, 6.45) is 2.74. The molecule has 13 heavy (non-hydrogen) atoms. The predicted octanol–water partition coefficient (Wildman–Crippen LogP) is 0.953. The maximum Gasteiger partial charge on any atom is 0.0543 e. The quantitative estimate of drug-likeness (QED) is 0.574. The van der Waals surface area contributed by atoms with Crippen LogP contribution >= 0.6 is 0 Å². The number of methoxy groups -OCH3 is 1. The summed E-state index contributed by atoms with van der Waals surface area (Å²) in [4.78, 5) is 2.19. The summed E-state index contributed by atoms with van der Waals surface area (Å²) in [6, 6.07) is 0. The zero-order chi connectivity index (χ0) is 10.1. The van der Waals surface area contributed by atoms with Crippen molar-refractivity contribution in [2.75, 3.05) is 40.8 Å². The Morgan fingerprint density at radius 2 is 2.00 bits per heavy atom. The number of ether oxygens (including phenoxy) is 1. The Morgan fingerprint density at radius 3 is 2.54 bits per heavy atom. The van der Waals surface area contributed by atoms with Gasteiger partial charge in [0.05, 0.1) is 6.10 Å². The van der Waals surface area contributed by atoms with Crippen molar-refractivity contribution in [2.24, 2.45) is 0 Å². The van der Waals surface area contributed by atoms with E-state index >= 15 is 0 Å². The van der Waals surface area contributed by atoms with Gasteiger partial charge in [-0.1, -0.05) is 0 Å². The number of nitrogens with one attached hydrogen (secondary N) is 1. The highest BCUT2D eigenvalue weighted by Crippen LogP contribution is 1.97. The molecule has 0 rings (SSSR count). The van der Waals surface area contributed by atoms with Gasteiger partial charge in [0.1, 0.15) is 0 Å². The zero-order valence-electron chi connectivity index (χ0n) is 9.47. The summed E-state index contributed by atoms with van der Waals surface area (Å²) < 4.78 is 5.16. The fraction of sp³-hybridized carbons (Fsp3) is 1.00. The molecule has 1 atom stereocenters. The SMILES string of the molecule is COC(C)CCCNCCN(C)C. The van der Waals surface area contributed by atoms with Crippen LogP contribution in [0.4, 0.5) is 0 Å². The average Bonchev–Trinajstić information content (AvgIpc) is 2.10. The van der Waals surface area contributed by atoms with E-state index in [0.29, 0.717) is 6.10 Å². The third kappa shape index (κ3) is 9.80. The lowest BCUT2D eigenvalue weighted by atomic mass is 10.2. The van der Waals surface area contributed by atoms with Crippen LogP contribution < -0.4 is 5.32 Å². The average molecular weight is 188 g/mol. The molecule has 0 heterocycles. The number of likely N-dealkylation sites (N-methyl/N-ethyl adjacent to an activating group) is 1. The molecule has 0 aromatic rings. The Labute approximate surface area is 82.4 Å². The number of hydrogen-bond acceptors (Lipinski definition) is 3. The largest absolute Gasteiger partial charge is 0.382 e. The molecule has 1 unspecified atom stereocenters. The zero-order valence-corrected chi connectivity index (χ0v) is 9.47. The lowest BCUT2D eigenvalue weighted by molar-refractivity contribution is 0.109. The van der Waals surface area contributed by atoms with Gasteiger partial charge in [-0.2, -0.15) is 0 Å². The molecule has 0 aliphatic heterocycles. The molecule has 0 fully saturated rings. The summed E-state index contributed by atoms with van der Waals surface area (Å²) in [6.45, 7) is 5.40. The Morgan fingerprint density at radius 1 is 1.31 bits per heavy atom. The van der Waals surface area contributed by atoms with E-state index in [2.05, 4.69) is 31.2 Å². The minimum absolute atomic E-state index is 0.399. The molecule has 0 aliphatic carbocycles. The molecular formula is C10H24N2O. The third-order valence-corrected chi connectivity index (χ3v) is 2.10. The van der Waals surface area contributed by atoms with Gasteiger partial charge in [-0.15, -0.1) is 0 Å². The van der Waals surface area contributed by atoms with E-state index in [0.717, 1.165) is 26.1 Å². The van der Waals surface area contributed by atoms with Gasteiger partial charge >= 0.3 is 0 Å². The van der Waals surface area contributed by atoms with Crippen LogP contribution in [0.5, 0.6) is 0 Å². The molecular weight excluding hydrogens is 164 g/mol. The second-order valence-corrected chi connectivity index (χ2v) is 3.74. The van der Waals surface area contributed by atoms with Crippen molar-refractivity contribution in [3.05, 3.63) is 0 Å². The van der Waals surface area contributed by atoms with Crippen molar-refractivity contribution >= 4 is 0 Å². The van der Waals surface area contributed by atoms with Crippen molar-refractivity contribution in [3.8, 4) is 0 Å². The van der Waals surface area contributed by atoms with Gasteiger partial charge in [-0.05, 0) is 40.4 Å². The van der Waals surface area contributed by atoms with Crippen molar-refractivity contribution < 1.29 is 4.74 Å². The topological polar surface area (TPSA) is 24.5 Å². The van der Waals surface area contributed by atoms with E-state index in [1.54, 1.807) is 7.11 Å². The molecule has 3 nitrogen and oxygen atoms in total. The standard InChI is InChI=1S/C10H24N2O/c1-10(13-4)6-5-7-11-8-9-12(2)3/h10-11H,5-9H2,1-4H3. The Hall–Kier alpha value is -0.120. The molecule has 0 saturated heterocycles. The van der Waals surface area contributed by atoms with Gasteiger partial charge in [-0.25, -0.2) is 0 Å². The second kappa shape index (κ2) is 8.48. The molecule has 0 saturated carbocycles. The van der Waals surface area contributed by atoms with Gasteiger partial charge in [-0.3, -0.25) is 0 Å². The monoisotopic (exact) mass is 188 g/mol. The van der Waals surface area contributed by atoms with Crippen LogP contribution in [-0.4, -0.2) is 51.8 Å². The van der Waals surface area contributed by atoms with Crippen LogP contribution in [0.25, 0.3) is 0 Å². The van der Waals surface area contributed by atoms with Crippen LogP contribution in [-0.2, 0) is 4.74 Å². The summed E-state index contributed by atoms with van der Waals surface area (Å²) in [5.74, 6) is 0. The van der Waals surface area contributed by atoms with E-state index in [1.807, 2.05) is 0 Å². The van der Waals surface area contributed by atoms with Crippen molar-refractivity contribution in [3.63, 3.8) is 0 Å². The highest BCUT2D eigenvalue weighted by Gasteiger charge is 1.97. The highest BCUT2D eigenvalue weighted by molar-refractivity contribution is 4.54. The van der Waals surface area contributed by atoms with Gasteiger partial charge in [0.15, 0.2) is 0 Å². The first-order valence-corrected chi connectivity index (χ1v) is 5.05. The van der Waals surface area contributed by atoms with Crippen molar-refractivity contribution in [1.29, 1.82) is 0 Å². The normalized spacial score (nSPS) is 13.6. The van der Waals surface area contributed by atoms with E-state index in [9.17, 15) is 0 Å². The smallest absolute Gasteiger partial charge is 0.0543 e. The molecule has 80 valence electrons. The predicted molar refractivity (Wildman–Crippen MR) is 57.1 cm³/mol. The number of hydrogen-bond donors (Lipinski definition) is 1. The van der Waals surface area contributed by atoms with Crippen LogP contribution in [0.2, 0.25) is 0 Å². The van der Waals surface area contributed by atoms with Gasteiger partial charge in [0.2, 0.25) is 0 Å². The van der Waals surface area contributed by atoms with Crippen LogP contribution in [0.1, 0.15) is 19.8 Å². The van der Waals surface area contributed by atoms with Gasteiger partial charge < -0.3 is 15.0 Å². The first-order valence-electron chi connectivity index (χ1n) is 5.05. The Bertz CT molecular complexity index is 107. The van der Waals surface area contributed by atoms with Crippen LogP contribution in [0, 0.1) is 0 Å². The fourth-order valence-electron chi connectivity index (χ4n) is 1.06. The molecule has 0 amide bonds. The Kier molecular flexibility index (Phi) is 8.40. The fourth-order valence-corrected chi connectivity index (χ4v) is 1.06. The molecule has 0 bridgehead atoms. The molecule has 0 aromatic carbocycles. The molecule has 1 N–H and O–H groups in total. The molecule has 0 aliphatic rings. The van der Waals surface area contributed by atoms with Crippen molar-refractivity contribution in [2.45, 2.75) is 25.9 Å². The van der Waals surface area contributed by atoms with Gasteiger partial charge in [0, 0.05) is 20.2 Å². The minimum Gasteiger partial charge on any atom is -0.382 e. The third-order valence-electron chi connectivity index (χ3n) is 2.10. The van der Waals surface area contributed by atoms with Crippen LogP contribution in [0.3, 0.4) is 0 Å². The molecule has 0 spiro atoms. The van der Waals surface area contributed by atoms with Crippen molar-refractivity contribution in [1.82, 2.24) is 10.2 Å². The Balaban J connectivity index is 2.99. The first-order chi connectivity index (χ1) is 6.16. The van der Waals surface area contributed by atoms with Gasteiger partial charge in [0.25, 0.3) is 0 Å². The maximum absolute atomic E-state index is 5.16. The minimum atomic E-state index is 0.399. The van der Waals surface area contributed by atoms with E-state index < -0.39 is 0 Å². The summed E-state index contributed by atoms with van der Waals surface area (Å²) in [5.41, 5.74) is 0. The summed E-state index contributed by atoms with van der Waals surface area (Å²) >= 11 is 0. The molecule has 0 aromatic heterocycles.